The molecule has 1 aromatic rings. The molecule has 0 fully saturated rings. The van der Waals surface area contributed by atoms with Crippen molar-refractivity contribution in [3.8, 4) is 11.5 Å². The number of nitrogens with two attached hydrogens (primary N) is 1. The first-order chi connectivity index (χ1) is 9.70. The van der Waals surface area contributed by atoms with E-state index in [0.29, 0.717) is 29.5 Å². The molecule has 0 aromatic heterocycles. The highest BCUT2D eigenvalue weighted by Crippen LogP contribution is 2.36. The van der Waals surface area contributed by atoms with Gasteiger partial charge in [0.05, 0.1) is 18.0 Å². The van der Waals surface area contributed by atoms with Gasteiger partial charge in [-0.1, -0.05) is 32.6 Å². The molecule has 1 amide bonds. The lowest BCUT2D eigenvalue weighted by atomic mass is 10.2. The van der Waals surface area contributed by atoms with Crippen LogP contribution in [0.25, 0.3) is 0 Å². The average Bonchev–Trinajstić information content (AvgIpc) is 2.43. The Balaban J connectivity index is 1.88. The summed E-state index contributed by atoms with van der Waals surface area (Å²) in [6.45, 7) is 2.87. The second-order valence-electron chi connectivity index (χ2n) is 4.99. The van der Waals surface area contributed by atoms with Gasteiger partial charge in [0, 0.05) is 12.1 Å². The van der Waals surface area contributed by atoms with Crippen molar-refractivity contribution in [2.45, 2.75) is 39.0 Å². The number of anilines is 2. The summed E-state index contributed by atoms with van der Waals surface area (Å²) < 4.78 is 11.0. The Bertz CT molecular complexity index is 474. The van der Waals surface area contributed by atoms with Gasteiger partial charge in [0.1, 0.15) is 11.5 Å². The maximum atomic E-state index is 11.3. The predicted octanol–water partition coefficient (Wildman–Crippen LogP) is 2.95. The molecular weight excluding hydrogens is 256 g/mol. The lowest BCUT2D eigenvalue weighted by molar-refractivity contribution is -0.118. The monoisotopic (exact) mass is 278 g/mol. The normalized spacial score (nSPS) is 13.3. The van der Waals surface area contributed by atoms with Gasteiger partial charge < -0.3 is 20.5 Å². The van der Waals surface area contributed by atoms with E-state index in [4.69, 9.17) is 15.2 Å². The molecule has 5 heteroatoms. The number of benzene rings is 1. The molecule has 1 aliphatic rings. The zero-order valence-corrected chi connectivity index (χ0v) is 11.9. The lowest BCUT2D eigenvalue weighted by Crippen LogP contribution is -2.25. The molecule has 0 bridgehead atoms. The molecule has 3 N–H and O–H groups in total. The van der Waals surface area contributed by atoms with Gasteiger partial charge in [0.15, 0.2) is 6.61 Å². The van der Waals surface area contributed by atoms with E-state index in [1.165, 1.54) is 25.7 Å². The number of unbranched alkanes of at least 4 members (excludes halogenated alkanes) is 4. The van der Waals surface area contributed by atoms with Gasteiger partial charge in [0.25, 0.3) is 5.91 Å². The second-order valence-corrected chi connectivity index (χ2v) is 4.99. The van der Waals surface area contributed by atoms with E-state index in [9.17, 15) is 4.79 Å². The Hall–Kier alpha value is -1.91. The molecule has 110 valence electrons. The van der Waals surface area contributed by atoms with Crippen LogP contribution >= 0.6 is 0 Å². The smallest absolute Gasteiger partial charge is 0.262 e. The molecular formula is C15H22N2O3. The highest BCUT2D eigenvalue weighted by Gasteiger charge is 2.18. The first kappa shape index (κ1) is 14.5. The number of hydrogen-bond donors (Lipinski definition) is 2. The third-order valence-electron chi connectivity index (χ3n) is 3.25. The largest absolute Gasteiger partial charge is 0.491 e. The van der Waals surface area contributed by atoms with E-state index in [2.05, 4.69) is 12.2 Å². The van der Waals surface area contributed by atoms with Crippen LogP contribution in [0.4, 0.5) is 11.4 Å². The zero-order chi connectivity index (χ0) is 14.4. The summed E-state index contributed by atoms with van der Waals surface area (Å²) in [5, 5.41) is 2.75. The fourth-order valence-electron chi connectivity index (χ4n) is 2.14. The second kappa shape index (κ2) is 7.03. The third-order valence-corrected chi connectivity index (χ3v) is 3.25. The Morgan fingerprint density at radius 3 is 2.90 bits per heavy atom. The van der Waals surface area contributed by atoms with Crippen molar-refractivity contribution in [3.05, 3.63) is 12.1 Å². The van der Waals surface area contributed by atoms with E-state index < -0.39 is 0 Å². The minimum absolute atomic E-state index is 0.0318. The number of hydrogen-bond acceptors (Lipinski definition) is 4. The van der Waals surface area contributed by atoms with Crippen molar-refractivity contribution >= 4 is 17.3 Å². The molecule has 1 heterocycles. The van der Waals surface area contributed by atoms with Crippen LogP contribution in [0.5, 0.6) is 11.5 Å². The highest BCUT2D eigenvalue weighted by molar-refractivity contribution is 5.96. The summed E-state index contributed by atoms with van der Waals surface area (Å²) >= 11 is 0. The van der Waals surface area contributed by atoms with E-state index in [1.807, 2.05) is 0 Å². The molecule has 0 saturated carbocycles. The van der Waals surface area contributed by atoms with Gasteiger partial charge in [-0.15, -0.1) is 0 Å². The van der Waals surface area contributed by atoms with E-state index in [0.717, 1.165) is 6.42 Å². The quantitative estimate of drug-likeness (QED) is 0.594. The van der Waals surface area contributed by atoms with Crippen LogP contribution in [-0.2, 0) is 4.79 Å². The number of amides is 1. The van der Waals surface area contributed by atoms with Crippen LogP contribution in [-0.4, -0.2) is 19.1 Å². The standard InChI is InChI=1S/C15H22N2O3/c1-2-3-4-5-6-7-19-13-9-12-14(8-11(13)16)20-10-15(18)17-12/h8-9H,2-7,10,16H2,1H3,(H,17,18). The molecule has 2 rings (SSSR count). The van der Waals surface area contributed by atoms with Crippen LogP contribution in [0.2, 0.25) is 0 Å². The molecule has 0 atom stereocenters. The highest BCUT2D eigenvalue weighted by atomic mass is 16.5. The van der Waals surface area contributed by atoms with Crippen molar-refractivity contribution in [3.63, 3.8) is 0 Å². The molecule has 1 aliphatic heterocycles. The molecule has 0 saturated heterocycles. The molecule has 0 spiro atoms. The summed E-state index contributed by atoms with van der Waals surface area (Å²) in [6, 6.07) is 3.43. The summed E-state index contributed by atoms with van der Waals surface area (Å²) in [5.41, 5.74) is 7.08. The number of ether oxygens (including phenoxy) is 2. The molecule has 5 nitrogen and oxygen atoms in total. The molecule has 0 radical (unpaired) electrons. The van der Waals surface area contributed by atoms with Crippen molar-refractivity contribution in [2.24, 2.45) is 0 Å². The Morgan fingerprint density at radius 2 is 2.10 bits per heavy atom. The van der Waals surface area contributed by atoms with Gasteiger partial charge in [-0.25, -0.2) is 0 Å². The third kappa shape index (κ3) is 3.79. The van der Waals surface area contributed by atoms with Gasteiger partial charge in [-0.05, 0) is 6.42 Å². The zero-order valence-electron chi connectivity index (χ0n) is 11.9. The minimum atomic E-state index is -0.159. The van der Waals surface area contributed by atoms with Crippen LogP contribution < -0.4 is 20.5 Å². The average molecular weight is 278 g/mol. The van der Waals surface area contributed by atoms with Crippen molar-refractivity contribution < 1.29 is 14.3 Å². The summed E-state index contributed by atoms with van der Waals surface area (Å²) in [4.78, 5) is 11.3. The van der Waals surface area contributed by atoms with E-state index in [1.54, 1.807) is 12.1 Å². The van der Waals surface area contributed by atoms with Crippen LogP contribution in [0.15, 0.2) is 12.1 Å². The lowest BCUT2D eigenvalue weighted by Gasteiger charge is -2.20. The van der Waals surface area contributed by atoms with Gasteiger partial charge in [-0.2, -0.15) is 0 Å². The van der Waals surface area contributed by atoms with Crippen molar-refractivity contribution in [1.29, 1.82) is 0 Å². The summed E-state index contributed by atoms with van der Waals surface area (Å²) in [7, 11) is 0. The SMILES string of the molecule is CCCCCCCOc1cc2c(cc1N)OCC(=O)N2. The first-order valence-corrected chi connectivity index (χ1v) is 7.19. The van der Waals surface area contributed by atoms with Gasteiger partial charge >= 0.3 is 0 Å². The molecule has 0 aliphatic carbocycles. The predicted molar refractivity (Wildman–Crippen MR) is 79.2 cm³/mol. The molecule has 0 unspecified atom stereocenters. The van der Waals surface area contributed by atoms with Gasteiger partial charge in [-0.3, -0.25) is 4.79 Å². The fraction of sp³-hybridized carbons (Fsp3) is 0.533. The van der Waals surface area contributed by atoms with Crippen LogP contribution in [0.3, 0.4) is 0 Å². The Morgan fingerprint density at radius 1 is 1.30 bits per heavy atom. The minimum Gasteiger partial charge on any atom is -0.491 e. The van der Waals surface area contributed by atoms with Gasteiger partial charge in [0.2, 0.25) is 0 Å². The summed E-state index contributed by atoms with van der Waals surface area (Å²) in [5.74, 6) is 1.04. The molecule has 1 aromatic carbocycles. The van der Waals surface area contributed by atoms with Crippen LogP contribution in [0, 0.1) is 0 Å². The van der Waals surface area contributed by atoms with E-state index >= 15 is 0 Å². The first-order valence-electron chi connectivity index (χ1n) is 7.19. The number of carbonyl (C=O) groups is 1. The topological polar surface area (TPSA) is 73.6 Å². The van der Waals surface area contributed by atoms with E-state index in [-0.39, 0.29) is 12.5 Å². The number of carbonyl (C=O) groups excluding carboxylic acids is 1. The summed E-state index contributed by atoms with van der Waals surface area (Å²) in [6.07, 6.45) is 5.92. The Labute approximate surface area is 119 Å². The van der Waals surface area contributed by atoms with Crippen molar-refractivity contribution in [2.75, 3.05) is 24.3 Å². The molecule has 20 heavy (non-hydrogen) atoms. The Kier molecular flexibility index (Phi) is 5.09. The fourth-order valence-corrected chi connectivity index (χ4v) is 2.14. The maximum Gasteiger partial charge on any atom is 0.262 e. The van der Waals surface area contributed by atoms with Crippen molar-refractivity contribution in [1.82, 2.24) is 0 Å². The number of fused-ring (bicyclic) bond motifs is 1. The van der Waals surface area contributed by atoms with Crippen LogP contribution in [0.1, 0.15) is 39.0 Å². The number of nitrogens with one attached hydrogen (secondary N) is 1. The number of nitrogen functional groups attached to an aromatic ring is 1. The maximum absolute atomic E-state index is 11.3. The number of rotatable bonds is 7.